The Morgan fingerprint density at radius 2 is 1.86 bits per heavy atom. The highest BCUT2D eigenvalue weighted by Crippen LogP contribution is 2.33. The number of fused-ring (bicyclic) bond motifs is 4. The number of hydrogen-bond donors (Lipinski definition) is 1. The minimum Gasteiger partial charge on any atom is -0.348 e. The molecule has 5 rings (SSSR count). The lowest BCUT2D eigenvalue weighted by molar-refractivity contribution is -0.117. The first kappa shape index (κ1) is 17.5. The maximum atomic E-state index is 12.0. The van der Waals surface area contributed by atoms with Crippen molar-refractivity contribution in [2.75, 3.05) is 35.8 Å². The third-order valence-electron chi connectivity index (χ3n) is 5.56. The van der Waals surface area contributed by atoms with Gasteiger partial charge < -0.3 is 19.7 Å². The van der Waals surface area contributed by atoms with Gasteiger partial charge in [-0.3, -0.25) is 4.79 Å². The van der Waals surface area contributed by atoms with E-state index in [0.717, 1.165) is 23.7 Å². The van der Waals surface area contributed by atoms with E-state index < -0.39 is 0 Å². The average molecular weight is 386 g/mol. The molecule has 7 nitrogen and oxygen atoms in total. The number of anilines is 4. The van der Waals surface area contributed by atoms with E-state index in [1.807, 2.05) is 11.9 Å². The van der Waals surface area contributed by atoms with Crippen LogP contribution in [0.2, 0.25) is 0 Å². The summed E-state index contributed by atoms with van der Waals surface area (Å²) in [6, 6.07) is 14.8. The van der Waals surface area contributed by atoms with Crippen molar-refractivity contribution in [1.82, 2.24) is 14.5 Å². The minimum atomic E-state index is 0.0297. The molecule has 7 heteroatoms. The number of aromatic nitrogens is 3. The van der Waals surface area contributed by atoms with Crippen molar-refractivity contribution >= 4 is 50.9 Å². The second-order valence-electron chi connectivity index (χ2n) is 7.33. The summed E-state index contributed by atoms with van der Waals surface area (Å²) in [5.41, 5.74) is 4.10. The summed E-state index contributed by atoms with van der Waals surface area (Å²) in [5, 5.41) is 5.76. The molecule has 29 heavy (non-hydrogen) atoms. The molecule has 4 aromatic rings. The SMILES string of the molecule is CCn1c2ccccc2c2cc(Nc3ncc4c(n3)N(C)CC(=O)N4C)ccc21. The lowest BCUT2D eigenvalue weighted by atomic mass is 10.1. The number of hydrogen-bond acceptors (Lipinski definition) is 5. The van der Waals surface area contributed by atoms with Crippen molar-refractivity contribution in [3.05, 3.63) is 48.7 Å². The molecule has 1 aliphatic heterocycles. The third kappa shape index (κ3) is 2.69. The maximum absolute atomic E-state index is 12.0. The number of benzene rings is 2. The number of nitrogens with one attached hydrogen (secondary N) is 1. The molecule has 146 valence electrons. The van der Waals surface area contributed by atoms with Crippen LogP contribution >= 0.6 is 0 Å². The topological polar surface area (TPSA) is 66.3 Å². The maximum Gasteiger partial charge on any atom is 0.246 e. The summed E-state index contributed by atoms with van der Waals surface area (Å²) in [6.45, 7) is 3.39. The van der Waals surface area contributed by atoms with Gasteiger partial charge >= 0.3 is 0 Å². The molecule has 0 spiro atoms. The van der Waals surface area contributed by atoms with Crippen LogP contribution in [0.3, 0.4) is 0 Å². The number of amides is 1. The fourth-order valence-electron chi connectivity index (χ4n) is 4.06. The molecule has 1 aliphatic rings. The molecule has 2 aromatic carbocycles. The second-order valence-corrected chi connectivity index (χ2v) is 7.33. The molecule has 1 N–H and O–H groups in total. The number of carbonyl (C=O) groups is 1. The molecule has 0 unspecified atom stereocenters. The molecule has 3 heterocycles. The van der Waals surface area contributed by atoms with Gasteiger partial charge in [0.1, 0.15) is 5.69 Å². The van der Waals surface area contributed by atoms with E-state index in [1.165, 1.54) is 21.8 Å². The first-order chi connectivity index (χ1) is 14.1. The Bertz CT molecular complexity index is 1260. The Morgan fingerprint density at radius 3 is 2.69 bits per heavy atom. The van der Waals surface area contributed by atoms with Gasteiger partial charge in [-0.2, -0.15) is 4.98 Å². The summed E-state index contributed by atoms with van der Waals surface area (Å²) in [5.74, 6) is 1.28. The molecule has 0 saturated carbocycles. The Hall–Kier alpha value is -3.61. The molecule has 0 fully saturated rings. The van der Waals surface area contributed by atoms with Crippen molar-refractivity contribution < 1.29 is 4.79 Å². The molecule has 0 atom stereocenters. The summed E-state index contributed by atoms with van der Waals surface area (Å²) < 4.78 is 2.33. The van der Waals surface area contributed by atoms with Gasteiger partial charge in [-0.15, -0.1) is 0 Å². The normalized spacial score (nSPS) is 14.0. The Kier molecular flexibility index (Phi) is 3.91. The Morgan fingerprint density at radius 1 is 1.07 bits per heavy atom. The van der Waals surface area contributed by atoms with Crippen LogP contribution in [0.5, 0.6) is 0 Å². The monoisotopic (exact) mass is 386 g/mol. The van der Waals surface area contributed by atoms with E-state index >= 15 is 0 Å². The van der Waals surface area contributed by atoms with Crippen molar-refractivity contribution in [3.63, 3.8) is 0 Å². The standard InChI is InChI=1S/C22H22N6O/c1-4-28-17-8-6-5-7-15(17)16-11-14(9-10-18(16)28)24-22-23-12-19-21(25-22)26(2)13-20(29)27(19)3/h5-12H,4,13H2,1-3H3,(H,23,24,25). The van der Waals surface area contributed by atoms with E-state index in [-0.39, 0.29) is 5.91 Å². The van der Waals surface area contributed by atoms with Crippen molar-refractivity contribution in [2.45, 2.75) is 13.5 Å². The van der Waals surface area contributed by atoms with Crippen molar-refractivity contribution in [2.24, 2.45) is 0 Å². The smallest absolute Gasteiger partial charge is 0.246 e. The third-order valence-corrected chi connectivity index (χ3v) is 5.56. The molecular weight excluding hydrogens is 364 g/mol. The number of likely N-dealkylation sites (N-methyl/N-ethyl adjacent to an activating group) is 2. The minimum absolute atomic E-state index is 0.0297. The molecular formula is C22H22N6O. The lowest BCUT2D eigenvalue weighted by Crippen LogP contribution is -2.42. The average Bonchev–Trinajstić information content (AvgIpc) is 3.05. The van der Waals surface area contributed by atoms with Gasteiger partial charge in [0.05, 0.1) is 12.7 Å². The Labute approximate surface area is 168 Å². The van der Waals surface area contributed by atoms with E-state index in [2.05, 4.69) is 69.2 Å². The fraction of sp³-hybridized carbons (Fsp3) is 0.227. The second kappa shape index (κ2) is 6.48. The lowest BCUT2D eigenvalue weighted by Gasteiger charge is -2.31. The highest BCUT2D eigenvalue weighted by atomic mass is 16.2. The molecule has 0 radical (unpaired) electrons. The number of nitrogens with zero attached hydrogens (tertiary/aromatic N) is 5. The quantitative estimate of drug-likeness (QED) is 0.581. The van der Waals surface area contributed by atoms with Crippen LogP contribution in [0.25, 0.3) is 21.8 Å². The van der Waals surface area contributed by atoms with E-state index in [4.69, 9.17) is 0 Å². The molecule has 0 bridgehead atoms. The largest absolute Gasteiger partial charge is 0.348 e. The number of rotatable bonds is 3. The van der Waals surface area contributed by atoms with Gasteiger partial charge in [-0.05, 0) is 31.2 Å². The van der Waals surface area contributed by atoms with Crippen molar-refractivity contribution in [3.8, 4) is 0 Å². The van der Waals surface area contributed by atoms with Crippen LogP contribution in [0, 0.1) is 0 Å². The zero-order chi connectivity index (χ0) is 20.1. The van der Waals surface area contributed by atoms with E-state index in [1.54, 1.807) is 18.1 Å². The van der Waals surface area contributed by atoms with Gasteiger partial charge in [-0.1, -0.05) is 18.2 Å². The van der Waals surface area contributed by atoms with Crippen molar-refractivity contribution in [1.29, 1.82) is 0 Å². The predicted octanol–water partition coefficient (Wildman–Crippen LogP) is 3.76. The van der Waals surface area contributed by atoms with Crippen LogP contribution in [0.15, 0.2) is 48.7 Å². The first-order valence-corrected chi connectivity index (χ1v) is 9.69. The fourth-order valence-corrected chi connectivity index (χ4v) is 4.06. The highest BCUT2D eigenvalue weighted by molar-refractivity contribution is 6.09. The van der Waals surface area contributed by atoms with Crippen LogP contribution in [0.1, 0.15) is 6.92 Å². The first-order valence-electron chi connectivity index (χ1n) is 9.69. The summed E-state index contributed by atoms with van der Waals surface area (Å²) in [6.07, 6.45) is 1.69. The number of para-hydroxylation sites is 1. The van der Waals surface area contributed by atoms with E-state index in [0.29, 0.717) is 12.5 Å². The van der Waals surface area contributed by atoms with Crippen LogP contribution in [-0.4, -0.2) is 41.1 Å². The summed E-state index contributed by atoms with van der Waals surface area (Å²) in [7, 11) is 3.62. The highest BCUT2D eigenvalue weighted by Gasteiger charge is 2.26. The summed E-state index contributed by atoms with van der Waals surface area (Å²) in [4.78, 5) is 24.5. The number of carbonyl (C=O) groups excluding carboxylic acids is 1. The molecule has 0 aliphatic carbocycles. The Balaban J connectivity index is 1.55. The van der Waals surface area contributed by atoms with Gasteiger partial charge in [0.15, 0.2) is 5.82 Å². The van der Waals surface area contributed by atoms with Gasteiger partial charge in [0.2, 0.25) is 11.9 Å². The molecule has 2 aromatic heterocycles. The summed E-state index contributed by atoms with van der Waals surface area (Å²) >= 11 is 0. The van der Waals surface area contributed by atoms with E-state index in [9.17, 15) is 4.79 Å². The molecule has 0 saturated heterocycles. The zero-order valence-electron chi connectivity index (χ0n) is 16.7. The predicted molar refractivity (Wildman–Crippen MR) is 117 cm³/mol. The molecule has 1 amide bonds. The number of aryl methyl sites for hydroxylation is 1. The zero-order valence-corrected chi connectivity index (χ0v) is 16.7. The van der Waals surface area contributed by atoms with Gasteiger partial charge in [0, 0.05) is 48.1 Å². The van der Waals surface area contributed by atoms with Gasteiger partial charge in [-0.25, -0.2) is 4.98 Å². The van der Waals surface area contributed by atoms with Gasteiger partial charge in [0.25, 0.3) is 0 Å². The van der Waals surface area contributed by atoms with Crippen LogP contribution in [0.4, 0.5) is 23.1 Å². The van der Waals surface area contributed by atoms with Crippen LogP contribution < -0.4 is 15.1 Å². The van der Waals surface area contributed by atoms with Crippen LogP contribution in [-0.2, 0) is 11.3 Å².